The van der Waals surface area contributed by atoms with Crippen molar-refractivity contribution in [3.8, 4) is 5.75 Å². The molecule has 42 heavy (non-hydrogen) atoms. The van der Waals surface area contributed by atoms with Gasteiger partial charge in [-0.3, -0.25) is 14.6 Å². The first kappa shape index (κ1) is 30.7. The number of benzene rings is 3. The van der Waals surface area contributed by atoms with E-state index in [9.17, 15) is 4.79 Å². The third kappa shape index (κ3) is 8.41. The minimum absolute atomic E-state index is 0.155. The highest BCUT2D eigenvalue weighted by Gasteiger charge is 2.32. The SMILES string of the molecule is COc1ccc(CN2CCC(C(=O)N3CCN(C(c4ccccc4)c4ccccc4)CC3)CC2)cc1.O=C(O)C(=O)O. The summed E-state index contributed by atoms with van der Waals surface area (Å²) in [4.78, 5) is 38.7. The molecular weight excluding hydrogens is 534 g/mol. The van der Waals surface area contributed by atoms with Crippen LogP contribution in [0.15, 0.2) is 84.9 Å². The van der Waals surface area contributed by atoms with Gasteiger partial charge in [-0.15, -0.1) is 0 Å². The lowest BCUT2D eigenvalue weighted by atomic mass is 9.94. The summed E-state index contributed by atoms with van der Waals surface area (Å²) in [5.74, 6) is -2.25. The Bertz CT molecular complexity index is 1230. The number of carboxylic acids is 2. The van der Waals surface area contributed by atoms with E-state index in [0.717, 1.165) is 64.4 Å². The van der Waals surface area contributed by atoms with Crippen LogP contribution in [0.3, 0.4) is 0 Å². The summed E-state index contributed by atoms with van der Waals surface area (Å²) in [5, 5.41) is 14.8. The van der Waals surface area contributed by atoms with Crippen molar-refractivity contribution in [3.05, 3.63) is 102 Å². The van der Waals surface area contributed by atoms with E-state index in [-0.39, 0.29) is 12.0 Å². The van der Waals surface area contributed by atoms with Crippen molar-refractivity contribution in [1.82, 2.24) is 14.7 Å². The number of ether oxygens (including phenoxy) is 1. The Morgan fingerprint density at radius 1 is 0.738 bits per heavy atom. The lowest BCUT2D eigenvalue weighted by molar-refractivity contribution is -0.159. The van der Waals surface area contributed by atoms with Crippen LogP contribution in [0.1, 0.15) is 35.6 Å². The van der Waals surface area contributed by atoms with Crippen LogP contribution in [0.4, 0.5) is 0 Å². The van der Waals surface area contributed by atoms with E-state index in [0.29, 0.717) is 5.91 Å². The average Bonchev–Trinajstić information content (AvgIpc) is 3.03. The molecule has 0 spiro atoms. The monoisotopic (exact) mass is 573 g/mol. The van der Waals surface area contributed by atoms with Gasteiger partial charge < -0.3 is 19.8 Å². The Labute approximate surface area is 246 Å². The molecule has 2 fully saturated rings. The first-order valence-corrected chi connectivity index (χ1v) is 14.3. The zero-order valence-corrected chi connectivity index (χ0v) is 24.0. The lowest BCUT2D eigenvalue weighted by Crippen LogP contribution is -2.52. The smallest absolute Gasteiger partial charge is 0.414 e. The summed E-state index contributed by atoms with van der Waals surface area (Å²) in [6, 6.07) is 30.0. The van der Waals surface area contributed by atoms with Gasteiger partial charge in [0.2, 0.25) is 5.91 Å². The number of carbonyl (C=O) groups excluding carboxylic acids is 1. The van der Waals surface area contributed by atoms with Crippen molar-refractivity contribution >= 4 is 17.8 Å². The van der Waals surface area contributed by atoms with Gasteiger partial charge in [0.25, 0.3) is 0 Å². The van der Waals surface area contributed by atoms with Gasteiger partial charge in [0.1, 0.15) is 5.75 Å². The molecule has 3 aromatic carbocycles. The fourth-order valence-corrected chi connectivity index (χ4v) is 5.67. The molecule has 0 aromatic heterocycles. The Hall–Kier alpha value is -4.21. The van der Waals surface area contributed by atoms with E-state index < -0.39 is 11.9 Å². The zero-order valence-electron chi connectivity index (χ0n) is 24.0. The number of rotatable bonds is 7. The summed E-state index contributed by atoms with van der Waals surface area (Å²) in [6.45, 7) is 6.30. The van der Waals surface area contributed by atoms with Gasteiger partial charge in [-0.2, -0.15) is 0 Å². The molecule has 0 saturated carbocycles. The molecule has 1 amide bonds. The topological polar surface area (TPSA) is 111 Å². The second kappa shape index (κ2) is 15.1. The molecule has 0 unspecified atom stereocenters. The predicted molar refractivity (Wildman–Crippen MR) is 159 cm³/mol. The van der Waals surface area contributed by atoms with E-state index in [1.807, 2.05) is 12.1 Å². The van der Waals surface area contributed by atoms with Gasteiger partial charge in [-0.1, -0.05) is 72.8 Å². The number of aliphatic carboxylic acids is 2. The Kier molecular flexibility index (Phi) is 11.1. The molecule has 2 aliphatic rings. The Balaban J connectivity index is 0.000000612. The van der Waals surface area contributed by atoms with E-state index in [4.69, 9.17) is 24.5 Å². The molecule has 2 aliphatic heterocycles. The molecule has 0 atom stereocenters. The van der Waals surface area contributed by atoms with Gasteiger partial charge in [0.15, 0.2) is 0 Å². The average molecular weight is 574 g/mol. The number of nitrogens with zero attached hydrogens (tertiary/aromatic N) is 3. The predicted octanol–water partition coefficient (Wildman–Crippen LogP) is 4.00. The third-order valence-corrected chi connectivity index (χ3v) is 7.91. The van der Waals surface area contributed by atoms with Gasteiger partial charge in [-0.25, -0.2) is 9.59 Å². The Morgan fingerprint density at radius 2 is 1.24 bits per heavy atom. The summed E-state index contributed by atoms with van der Waals surface area (Å²) >= 11 is 0. The molecule has 2 N–H and O–H groups in total. The minimum atomic E-state index is -1.82. The van der Waals surface area contributed by atoms with Crippen LogP contribution in [-0.4, -0.2) is 89.1 Å². The number of amides is 1. The van der Waals surface area contributed by atoms with E-state index in [1.54, 1.807) is 7.11 Å². The standard InChI is InChI=1S/C31H37N3O2.C2H2O4/c1-36-29-14-12-25(13-15-29)24-32-18-16-28(17-19-32)31(35)34-22-20-33(21-23-34)30(26-8-4-2-5-9-26)27-10-6-3-7-11-27;3-1(4)2(5)6/h2-15,28,30H,16-24H2,1H3;(H,3,4)(H,5,6). The number of hydrogen-bond donors (Lipinski definition) is 2. The number of carboxylic acid groups (broad SMARTS) is 2. The number of piperazine rings is 1. The second-order valence-corrected chi connectivity index (χ2v) is 10.6. The van der Waals surface area contributed by atoms with Gasteiger partial charge >= 0.3 is 11.9 Å². The highest BCUT2D eigenvalue weighted by molar-refractivity contribution is 6.27. The number of hydrogen-bond acceptors (Lipinski definition) is 6. The molecule has 0 aliphatic carbocycles. The summed E-state index contributed by atoms with van der Waals surface area (Å²) in [7, 11) is 1.70. The number of likely N-dealkylation sites (tertiary alicyclic amines) is 1. The molecule has 5 rings (SSSR count). The van der Waals surface area contributed by atoms with Crippen molar-refractivity contribution in [2.45, 2.75) is 25.4 Å². The second-order valence-electron chi connectivity index (χ2n) is 10.6. The quantitative estimate of drug-likeness (QED) is 0.408. The first-order valence-electron chi connectivity index (χ1n) is 14.3. The molecule has 0 bridgehead atoms. The van der Waals surface area contributed by atoms with E-state index >= 15 is 0 Å². The van der Waals surface area contributed by atoms with Crippen LogP contribution in [0.5, 0.6) is 5.75 Å². The van der Waals surface area contributed by atoms with Crippen molar-refractivity contribution in [2.75, 3.05) is 46.4 Å². The van der Waals surface area contributed by atoms with Crippen molar-refractivity contribution in [2.24, 2.45) is 5.92 Å². The van der Waals surface area contributed by atoms with Crippen molar-refractivity contribution in [3.63, 3.8) is 0 Å². The minimum Gasteiger partial charge on any atom is -0.497 e. The number of carbonyl (C=O) groups is 3. The van der Waals surface area contributed by atoms with Gasteiger partial charge in [-0.05, 0) is 54.8 Å². The molecule has 222 valence electrons. The lowest BCUT2D eigenvalue weighted by Gasteiger charge is -2.41. The number of methoxy groups -OCH3 is 1. The highest BCUT2D eigenvalue weighted by atomic mass is 16.5. The number of piperidine rings is 1. The first-order chi connectivity index (χ1) is 20.4. The van der Waals surface area contributed by atoms with Crippen LogP contribution in [-0.2, 0) is 20.9 Å². The van der Waals surface area contributed by atoms with Gasteiger partial charge in [0, 0.05) is 38.6 Å². The molecule has 9 heteroatoms. The van der Waals surface area contributed by atoms with E-state index in [2.05, 4.69) is 87.5 Å². The summed E-state index contributed by atoms with van der Waals surface area (Å²) in [6.07, 6.45) is 1.90. The zero-order chi connectivity index (χ0) is 29.9. The molecule has 2 heterocycles. The van der Waals surface area contributed by atoms with Crippen LogP contribution in [0.25, 0.3) is 0 Å². The molecule has 0 radical (unpaired) electrons. The molecule has 3 aromatic rings. The summed E-state index contributed by atoms with van der Waals surface area (Å²) < 4.78 is 5.26. The van der Waals surface area contributed by atoms with E-state index in [1.165, 1.54) is 16.7 Å². The fraction of sp³-hybridized carbons (Fsp3) is 0.364. The van der Waals surface area contributed by atoms with Crippen molar-refractivity contribution in [1.29, 1.82) is 0 Å². The van der Waals surface area contributed by atoms with Crippen LogP contribution in [0.2, 0.25) is 0 Å². The normalized spacial score (nSPS) is 16.4. The molecular formula is C33H39N3O6. The van der Waals surface area contributed by atoms with Crippen LogP contribution < -0.4 is 4.74 Å². The van der Waals surface area contributed by atoms with Gasteiger partial charge in [0.05, 0.1) is 13.2 Å². The van der Waals surface area contributed by atoms with Crippen molar-refractivity contribution < 1.29 is 29.3 Å². The Morgan fingerprint density at radius 3 is 1.69 bits per heavy atom. The maximum absolute atomic E-state index is 13.4. The highest BCUT2D eigenvalue weighted by Crippen LogP contribution is 2.30. The molecule has 2 saturated heterocycles. The maximum Gasteiger partial charge on any atom is 0.414 e. The van der Waals surface area contributed by atoms with Crippen LogP contribution >= 0.6 is 0 Å². The largest absolute Gasteiger partial charge is 0.497 e. The van der Waals surface area contributed by atoms with Crippen LogP contribution in [0, 0.1) is 5.92 Å². The third-order valence-electron chi connectivity index (χ3n) is 7.91. The maximum atomic E-state index is 13.4. The molecule has 9 nitrogen and oxygen atoms in total. The fourth-order valence-electron chi connectivity index (χ4n) is 5.67. The summed E-state index contributed by atoms with van der Waals surface area (Å²) in [5.41, 5.74) is 3.92.